The molecule has 0 bridgehead atoms. The summed E-state index contributed by atoms with van der Waals surface area (Å²) in [6.45, 7) is 8.42. The maximum Gasteiger partial charge on any atom is 0.287 e. The molecule has 2 aromatic rings. The van der Waals surface area contributed by atoms with E-state index >= 15 is 0 Å². The van der Waals surface area contributed by atoms with Crippen molar-refractivity contribution in [1.82, 2.24) is 19.7 Å². The molecule has 9 nitrogen and oxygen atoms in total. The van der Waals surface area contributed by atoms with Crippen molar-refractivity contribution in [3.8, 4) is 0 Å². The molecule has 176 valence electrons. The smallest absolute Gasteiger partial charge is 0.287 e. The van der Waals surface area contributed by atoms with Gasteiger partial charge in [0.05, 0.1) is 26.3 Å². The van der Waals surface area contributed by atoms with Crippen molar-refractivity contribution < 1.29 is 23.5 Å². The molecular formula is C23H34N4O5. The largest absolute Gasteiger partial charge is 0.454 e. The molecule has 0 aliphatic carbocycles. The Hall–Kier alpha value is -2.62. The number of ether oxygens (including phenoxy) is 2. The Morgan fingerprint density at radius 1 is 1.22 bits per heavy atom. The summed E-state index contributed by atoms with van der Waals surface area (Å²) >= 11 is 0. The third kappa shape index (κ3) is 6.94. The lowest BCUT2D eigenvalue weighted by atomic mass is 10.3. The van der Waals surface area contributed by atoms with Gasteiger partial charge in [-0.1, -0.05) is 6.92 Å². The van der Waals surface area contributed by atoms with Crippen LogP contribution in [0.4, 0.5) is 0 Å². The van der Waals surface area contributed by atoms with E-state index in [-0.39, 0.29) is 18.4 Å². The van der Waals surface area contributed by atoms with Crippen molar-refractivity contribution in [2.75, 3.05) is 59.7 Å². The number of hydrogen-bond donors (Lipinski definition) is 1. The lowest BCUT2D eigenvalue weighted by Gasteiger charge is -2.26. The fraction of sp³-hybridized carbons (Fsp3) is 0.565. The van der Waals surface area contributed by atoms with Gasteiger partial charge in [0.25, 0.3) is 5.91 Å². The van der Waals surface area contributed by atoms with Gasteiger partial charge in [0, 0.05) is 51.7 Å². The number of nitrogens with zero attached hydrogens (tertiary/aromatic N) is 3. The molecule has 1 aliphatic heterocycles. The molecule has 1 saturated heterocycles. The Bertz CT molecular complexity index is 856. The van der Waals surface area contributed by atoms with Gasteiger partial charge in [-0.2, -0.15) is 0 Å². The quantitative estimate of drug-likeness (QED) is 0.533. The number of morpholine rings is 1. The molecule has 9 heteroatoms. The molecule has 2 amide bonds. The van der Waals surface area contributed by atoms with E-state index in [4.69, 9.17) is 13.9 Å². The van der Waals surface area contributed by atoms with E-state index in [1.54, 1.807) is 11.0 Å². The van der Waals surface area contributed by atoms with E-state index in [2.05, 4.69) is 10.2 Å². The van der Waals surface area contributed by atoms with E-state index in [1.165, 1.54) is 7.11 Å². The summed E-state index contributed by atoms with van der Waals surface area (Å²) in [5.41, 5.74) is 0.996. The Morgan fingerprint density at radius 2 is 2.03 bits per heavy atom. The van der Waals surface area contributed by atoms with Crippen molar-refractivity contribution in [2.45, 2.75) is 26.4 Å². The molecule has 1 N–H and O–H groups in total. The fourth-order valence-electron chi connectivity index (χ4n) is 3.71. The molecule has 3 heterocycles. The topological polar surface area (TPSA) is 89.2 Å². The first-order chi connectivity index (χ1) is 15.6. The normalized spacial score (nSPS) is 14.4. The first kappa shape index (κ1) is 24.0. The zero-order chi connectivity index (χ0) is 22.8. The highest BCUT2D eigenvalue weighted by Crippen LogP contribution is 2.14. The summed E-state index contributed by atoms with van der Waals surface area (Å²) in [4.78, 5) is 28.8. The maximum absolute atomic E-state index is 12.4. The summed E-state index contributed by atoms with van der Waals surface area (Å²) in [7, 11) is 1.53. The SMILES string of the molecule is CCCN(Cc1cccn1Cc1ccc(C(=O)NCCN2CCOCC2)o1)C(=O)COC. The monoisotopic (exact) mass is 446 g/mol. The number of amides is 2. The Balaban J connectivity index is 1.53. The van der Waals surface area contributed by atoms with Crippen molar-refractivity contribution >= 4 is 11.8 Å². The number of carbonyl (C=O) groups is 2. The molecular weight excluding hydrogens is 412 g/mol. The molecule has 0 saturated carbocycles. The minimum atomic E-state index is -0.212. The van der Waals surface area contributed by atoms with E-state index in [9.17, 15) is 9.59 Å². The van der Waals surface area contributed by atoms with E-state index in [0.29, 0.717) is 37.7 Å². The number of furan rings is 1. The number of carbonyl (C=O) groups excluding carboxylic acids is 2. The van der Waals surface area contributed by atoms with Crippen LogP contribution in [0.15, 0.2) is 34.9 Å². The van der Waals surface area contributed by atoms with Crippen LogP contribution in [0.1, 0.15) is 35.4 Å². The molecule has 0 atom stereocenters. The number of rotatable bonds is 12. The molecule has 1 fully saturated rings. The summed E-state index contributed by atoms with van der Waals surface area (Å²) in [6.07, 6.45) is 2.82. The van der Waals surface area contributed by atoms with Crippen LogP contribution in [0.2, 0.25) is 0 Å². The van der Waals surface area contributed by atoms with Crippen LogP contribution in [0.5, 0.6) is 0 Å². The highest BCUT2D eigenvalue weighted by molar-refractivity contribution is 5.91. The molecule has 32 heavy (non-hydrogen) atoms. The van der Waals surface area contributed by atoms with E-state index in [0.717, 1.165) is 45.0 Å². The molecule has 0 spiro atoms. The molecule has 3 rings (SSSR count). The van der Waals surface area contributed by atoms with Crippen LogP contribution in [-0.4, -0.2) is 85.8 Å². The van der Waals surface area contributed by atoms with E-state index in [1.807, 2.05) is 35.9 Å². The molecule has 0 aromatic carbocycles. The van der Waals surface area contributed by atoms with Crippen molar-refractivity contribution in [2.24, 2.45) is 0 Å². The number of methoxy groups -OCH3 is 1. The van der Waals surface area contributed by atoms with Crippen LogP contribution in [0.25, 0.3) is 0 Å². The van der Waals surface area contributed by atoms with Crippen LogP contribution < -0.4 is 5.32 Å². The predicted molar refractivity (Wildman–Crippen MR) is 119 cm³/mol. The molecule has 1 aliphatic rings. The highest BCUT2D eigenvalue weighted by Gasteiger charge is 2.17. The summed E-state index contributed by atoms with van der Waals surface area (Å²) < 4.78 is 18.2. The number of aromatic nitrogens is 1. The highest BCUT2D eigenvalue weighted by atomic mass is 16.5. The second kappa shape index (κ2) is 12.4. The van der Waals surface area contributed by atoms with Gasteiger partial charge in [0.2, 0.25) is 5.91 Å². The third-order valence-corrected chi connectivity index (χ3v) is 5.42. The van der Waals surface area contributed by atoms with Crippen molar-refractivity contribution in [1.29, 1.82) is 0 Å². The van der Waals surface area contributed by atoms with Crippen LogP contribution in [-0.2, 0) is 27.4 Å². The first-order valence-electron chi connectivity index (χ1n) is 11.2. The van der Waals surface area contributed by atoms with Crippen molar-refractivity contribution in [3.63, 3.8) is 0 Å². The van der Waals surface area contributed by atoms with Gasteiger partial charge in [-0.3, -0.25) is 14.5 Å². The van der Waals surface area contributed by atoms with Gasteiger partial charge in [-0.15, -0.1) is 0 Å². The van der Waals surface area contributed by atoms with E-state index < -0.39 is 0 Å². The Labute approximate surface area is 189 Å². The second-order valence-electron chi connectivity index (χ2n) is 7.85. The van der Waals surface area contributed by atoms with Gasteiger partial charge in [-0.25, -0.2) is 0 Å². The molecule has 2 aromatic heterocycles. The van der Waals surface area contributed by atoms with Crippen LogP contribution in [0, 0.1) is 0 Å². The lowest BCUT2D eigenvalue weighted by Crippen LogP contribution is -2.41. The van der Waals surface area contributed by atoms with Crippen LogP contribution in [0.3, 0.4) is 0 Å². The van der Waals surface area contributed by atoms with Crippen molar-refractivity contribution in [3.05, 3.63) is 47.7 Å². The van der Waals surface area contributed by atoms with Gasteiger partial charge < -0.3 is 28.7 Å². The van der Waals surface area contributed by atoms with Gasteiger partial charge >= 0.3 is 0 Å². The maximum atomic E-state index is 12.4. The second-order valence-corrected chi connectivity index (χ2v) is 7.85. The summed E-state index contributed by atoms with van der Waals surface area (Å²) in [6, 6.07) is 7.46. The average molecular weight is 447 g/mol. The standard InChI is InChI=1S/C23H34N4O5/c1-3-9-27(22(28)18-30-2)16-19-5-4-10-26(19)17-20-6-7-21(32-20)23(29)24-8-11-25-12-14-31-15-13-25/h4-7,10H,3,8-9,11-18H2,1-2H3,(H,24,29). The predicted octanol–water partition coefficient (Wildman–Crippen LogP) is 1.58. The average Bonchev–Trinajstić information content (AvgIpc) is 3.44. The Morgan fingerprint density at radius 3 is 2.78 bits per heavy atom. The minimum absolute atomic E-state index is 0.0314. The first-order valence-corrected chi connectivity index (χ1v) is 11.2. The minimum Gasteiger partial charge on any atom is -0.454 e. The lowest BCUT2D eigenvalue weighted by molar-refractivity contribution is -0.135. The molecule has 0 radical (unpaired) electrons. The van der Waals surface area contributed by atoms with Crippen LogP contribution >= 0.6 is 0 Å². The summed E-state index contributed by atoms with van der Waals surface area (Å²) in [5, 5.41) is 2.92. The van der Waals surface area contributed by atoms with Gasteiger partial charge in [0.1, 0.15) is 12.4 Å². The zero-order valence-corrected chi connectivity index (χ0v) is 19.0. The fourth-order valence-corrected chi connectivity index (χ4v) is 3.71. The number of nitrogens with one attached hydrogen (secondary N) is 1. The number of hydrogen-bond acceptors (Lipinski definition) is 6. The third-order valence-electron chi connectivity index (χ3n) is 5.42. The van der Waals surface area contributed by atoms with Gasteiger partial charge in [-0.05, 0) is 30.7 Å². The summed E-state index contributed by atoms with van der Waals surface area (Å²) in [5.74, 6) is 0.747. The zero-order valence-electron chi connectivity index (χ0n) is 19.0. The van der Waals surface area contributed by atoms with Gasteiger partial charge in [0.15, 0.2) is 5.76 Å². The molecule has 0 unspecified atom stereocenters. The Kier molecular flexibility index (Phi) is 9.33.